The first-order valence-electron chi connectivity index (χ1n) is 6.23. The molecule has 2 rings (SSSR count). The zero-order valence-electron chi connectivity index (χ0n) is 10.9. The number of aromatic nitrogens is 2. The first-order valence-corrected chi connectivity index (χ1v) is 6.23. The van der Waals surface area contributed by atoms with Gasteiger partial charge < -0.3 is 4.57 Å². The summed E-state index contributed by atoms with van der Waals surface area (Å²) in [5, 5.41) is 0. The second kappa shape index (κ2) is 4.61. The Morgan fingerprint density at radius 3 is 2.59 bits per heavy atom. The average Bonchev–Trinajstić information content (AvgIpc) is 2.89. The Bertz CT molecular complexity index is 403. The molecule has 0 amide bonds. The number of imidazole rings is 1. The van der Waals surface area contributed by atoms with Gasteiger partial charge in [-0.05, 0) is 26.9 Å². The molecule has 0 aromatic carbocycles. The number of aryl methyl sites for hydroxylation is 1. The van der Waals surface area contributed by atoms with Crippen LogP contribution in [0, 0.1) is 0 Å². The third-order valence-corrected chi connectivity index (χ3v) is 4.05. The maximum Gasteiger partial charge on any atom is 0.160 e. The molecular weight excluding hydrogens is 214 g/mol. The van der Waals surface area contributed by atoms with Crippen LogP contribution in [0.4, 0.5) is 0 Å². The van der Waals surface area contributed by atoms with E-state index in [9.17, 15) is 4.79 Å². The summed E-state index contributed by atoms with van der Waals surface area (Å²) in [5.74, 6) is 1.18. The van der Waals surface area contributed by atoms with Crippen molar-refractivity contribution in [3.8, 4) is 0 Å². The molecule has 4 nitrogen and oxygen atoms in total. The van der Waals surface area contributed by atoms with Crippen LogP contribution in [-0.4, -0.2) is 39.9 Å². The molecule has 0 aliphatic heterocycles. The maximum atomic E-state index is 12.5. The Hall–Kier alpha value is -1.16. The van der Waals surface area contributed by atoms with E-state index in [0.717, 1.165) is 31.5 Å². The van der Waals surface area contributed by atoms with Crippen molar-refractivity contribution < 1.29 is 4.79 Å². The summed E-state index contributed by atoms with van der Waals surface area (Å²) in [7, 11) is 5.97. The summed E-state index contributed by atoms with van der Waals surface area (Å²) in [6.07, 6.45) is 8.38. The fourth-order valence-corrected chi connectivity index (χ4v) is 2.81. The molecule has 0 unspecified atom stereocenters. The van der Waals surface area contributed by atoms with Gasteiger partial charge in [-0.3, -0.25) is 9.69 Å². The van der Waals surface area contributed by atoms with Crippen molar-refractivity contribution >= 4 is 5.78 Å². The van der Waals surface area contributed by atoms with Gasteiger partial charge in [0.05, 0.1) is 12.0 Å². The van der Waals surface area contributed by atoms with Crippen LogP contribution in [0.25, 0.3) is 0 Å². The van der Waals surface area contributed by atoms with Crippen molar-refractivity contribution in [2.75, 3.05) is 14.1 Å². The highest BCUT2D eigenvalue weighted by Gasteiger charge is 2.42. The summed E-state index contributed by atoms with van der Waals surface area (Å²) in [5.41, 5.74) is -0.244. The zero-order chi connectivity index (χ0) is 12.5. The van der Waals surface area contributed by atoms with Crippen molar-refractivity contribution in [3.05, 3.63) is 18.2 Å². The highest BCUT2D eigenvalue weighted by atomic mass is 16.1. The van der Waals surface area contributed by atoms with Gasteiger partial charge in [-0.25, -0.2) is 4.98 Å². The molecule has 0 radical (unpaired) electrons. The molecule has 17 heavy (non-hydrogen) atoms. The van der Waals surface area contributed by atoms with Gasteiger partial charge in [0.1, 0.15) is 5.82 Å². The van der Waals surface area contributed by atoms with Crippen molar-refractivity contribution in [1.29, 1.82) is 0 Å². The molecule has 1 fully saturated rings. The minimum atomic E-state index is -0.244. The summed E-state index contributed by atoms with van der Waals surface area (Å²) in [4.78, 5) is 18.9. The molecule has 1 aliphatic rings. The Morgan fingerprint density at radius 2 is 2.12 bits per heavy atom. The Morgan fingerprint density at radius 1 is 1.47 bits per heavy atom. The van der Waals surface area contributed by atoms with Crippen LogP contribution in [0.15, 0.2) is 12.4 Å². The SMILES string of the molecule is CN(C)C1(C(=O)Cc2nccn2C)CCCC1. The van der Waals surface area contributed by atoms with Crippen molar-refractivity contribution in [2.45, 2.75) is 37.6 Å². The van der Waals surface area contributed by atoms with Crippen LogP contribution in [0.5, 0.6) is 0 Å². The topological polar surface area (TPSA) is 38.1 Å². The number of nitrogens with zero attached hydrogens (tertiary/aromatic N) is 3. The number of likely N-dealkylation sites (N-methyl/N-ethyl adjacent to an activating group) is 1. The van der Waals surface area contributed by atoms with Crippen LogP contribution in [0.1, 0.15) is 31.5 Å². The van der Waals surface area contributed by atoms with E-state index >= 15 is 0 Å². The van der Waals surface area contributed by atoms with Gasteiger partial charge in [-0.1, -0.05) is 12.8 Å². The second-order valence-electron chi connectivity index (χ2n) is 5.19. The average molecular weight is 235 g/mol. The predicted octanol–water partition coefficient (Wildman–Crippen LogP) is 1.41. The maximum absolute atomic E-state index is 12.5. The summed E-state index contributed by atoms with van der Waals surface area (Å²) >= 11 is 0. The number of carbonyl (C=O) groups is 1. The van der Waals surface area contributed by atoms with E-state index in [1.807, 2.05) is 31.9 Å². The van der Waals surface area contributed by atoms with Crippen LogP contribution < -0.4 is 0 Å². The lowest BCUT2D eigenvalue weighted by atomic mass is 9.88. The molecule has 1 aliphatic carbocycles. The molecule has 1 aromatic heterocycles. The van der Waals surface area contributed by atoms with Crippen LogP contribution in [0.3, 0.4) is 0 Å². The normalized spacial score (nSPS) is 18.8. The predicted molar refractivity (Wildman–Crippen MR) is 66.8 cm³/mol. The standard InChI is InChI=1S/C13H21N3O/c1-15(2)13(6-4-5-7-13)11(17)10-12-14-8-9-16(12)3/h8-9H,4-7,10H2,1-3H3. The number of hydrogen-bond donors (Lipinski definition) is 0. The van der Waals surface area contributed by atoms with Gasteiger partial charge in [-0.2, -0.15) is 0 Å². The van der Waals surface area contributed by atoms with E-state index in [4.69, 9.17) is 0 Å². The fraction of sp³-hybridized carbons (Fsp3) is 0.692. The highest BCUT2D eigenvalue weighted by Crippen LogP contribution is 2.35. The van der Waals surface area contributed by atoms with Gasteiger partial charge in [0.2, 0.25) is 0 Å². The van der Waals surface area contributed by atoms with Gasteiger partial charge >= 0.3 is 0 Å². The minimum absolute atomic E-state index is 0.244. The van der Waals surface area contributed by atoms with Crippen LogP contribution in [-0.2, 0) is 18.3 Å². The molecule has 1 aromatic rings. The van der Waals surface area contributed by atoms with Crippen LogP contribution >= 0.6 is 0 Å². The molecule has 94 valence electrons. The smallest absolute Gasteiger partial charge is 0.160 e. The lowest BCUT2D eigenvalue weighted by Gasteiger charge is -2.34. The third kappa shape index (κ3) is 2.14. The Kier molecular flexibility index (Phi) is 3.33. The number of Topliss-reactive ketones (excluding diaryl/α,β-unsaturated/α-hetero) is 1. The molecule has 0 spiro atoms. The van der Waals surface area contributed by atoms with E-state index in [1.54, 1.807) is 6.20 Å². The second-order valence-corrected chi connectivity index (χ2v) is 5.19. The van der Waals surface area contributed by atoms with E-state index in [-0.39, 0.29) is 5.54 Å². The third-order valence-electron chi connectivity index (χ3n) is 4.05. The lowest BCUT2D eigenvalue weighted by molar-refractivity contribution is -0.129. The number of rotatable bonds is 4. The summed E-state index contributed by atoms with van der Waals surface area (Å²) in [6.45, 7) is 0. The van der Waals surface area contributed by atoms with Crippen molar-refractivity contribution in [1.82, 2.24) is 14.5 Å². The first-order chi connectivity index (χ1) is 8.06. The molecular formula is C13H21N3O. The van der Waals surface area contributed by atoms with E-state index in [1.165, 1.54) is 0 Å². The Balaban J connectivity index is 2.16. The van der Waals surface area contributed by atoms with Gasteiger partial charge in [0, 0.05) is 19.4 Å². The number of carbonyl (C=O) groups excluding carboxylic acids is 1. The summed E-state index contributed by atoms with van der Waals surface area (Å²) < 4.78 is 1.93. The molecule has 0 saturated heterocycles. The zero-order valence-corrected chi connectivity index (χ0v) is 10.9. The number of hydrogen-bond acceptors (Lipinski definition) is 3. The molecule has 4 heteroatoms. The van der Waals surface area contributed by atoms with Gasteiger partial charge in [0.25, 0.3) is 0 Å². The first kappa shape index (κ1) is 12.3. The van der Waals surface area contributed by atoms with E-state index in [2.05, 4.69) is 9.88 Å². The minimum Gasteiger partial charge on any atom is -0.338 e. The largest absolute Gasteiger partial charge is 0.338 e. The van der Waals surface area contributed by atoms with E-state index in [0.29, 0.717) is 12.2 Å². The molecule has 1 saturated carbocycles. The fourth-order valence-electron chi connectivity index (χ4n) is 2.81. The molecule has 0 N–H and O–H groups in total. The summed E-state index contributed by atoms with van der Waals surface area (Å²) in [6, 6.07) is 0. The monoisotopic (exact) mass is 235 g/mol. The van der Waals surface area contributed by atoms with Gasteiger partial charge in [-0.15, -0.1) is 0 Å². The highest BCUT2D eigenvalue weighted by molar-refractivity contribution is 5.90. The van der Waals surface area contributed by atoms with Gasteiger partial charge in [0.15, 0.2) is 5.78 Å². The van der Waals surface area contributed by atoms with E-state index < -0.39 is 0 Å². The molecule has 1 heterocycles. The number of ketones is 1. The lowest BCUT2D eigenvalue weighted by Crippen LogP contribution is -2.49. The Labute approximate surface area is 103 Å². The quantitative estimate of drug-likeness (QED) is 0.792. The molecule has 0 atom stereocenters. The van der Waals surface area contributed by atoms with Crippen molar-refractivity contribution in [3.63, 3.8) is 0 Å². The van der Waals surface area contributed by atoms with Crippen molar-refractivity contribution in [2.24, 2.45) is 7.05 Å². The molecule has 0 bridgehead atoms. The van der Waals surface area contributed by atoms with Crippen LogP contribution in [0.2, 0.25) is 0 Å².